The van der Waals surface area contributed by atoms with Crippen LogP contribution in [0.3, 0.4) is 0 Å². The standard InChI is InChI=1S/C11H21N3O3/c12-8-11(2-1-3-11)6-10(16)14-4-5-17-7-9(13)15/h1-8,12H2,(H2,13,15)(H,14,16). The molecular formula is C11H21N3O3. The van der Waals surface area contributed by atoms with Gasteiger partial charge in [0, 0.05) is 13.0 Å². The number of hydrogen-bond acceptors (Lipinski definition) is 4. The van der Waals surface area contributed by atoms with Crippen LogP contribution in [-0.4, -0.2) is 38.1 Å². The van der Waals surface area contributed by atoms with Crippen LogP contribution in [0, 0.1) is 5.41 Å². The van der Waals surface area contributed by atoms with E-state index in [1.165, 1.54) is 0 Å². The molecule has 0 aromatic carbocycles. The van der Waals surface area contributed by atoms with E-state index in [9.17, 15) is 9.59 Å². The summed E-state index contributed by atoms with van der Waals surface area (Å²) in [7, 11) is 0. The third kappa shape index (κ3) is 4.70. The van der Waals surface area contributed by atoms with E-state index in [1.807, 2.05) is 0 Å². The molecule has 0 unspecified atom stereocenters. The molecule has 0 aromatic rings. The Morgan fingerprint density at radius 3 is 2.53 bits per heavy atom. The predicted octanol–water partition coefficient (Wildman–Crippen LogP) is -0.876. The first-order valence-corrected chi connectivity index (χ1v) is 5.91. The van der Waals surface area contributed by atoms with Crippen LogP contribution in [0.25, 0.3) is 0 Å². The van der Waals surface area contributed by atoms with Crippen LogP contribution in [0.1, 0.15) is 25.7 Å². The van der Waals surface area contributed by atoms with E-state index in [-0.39, 0.29) is 17.9 Å². The van der Waals surface area contributed by atoms with Gasteiger partial charge in [0.2, 0.25) is 11.8 Å². The molecule has 2 amide bonds. The Balaban J connectivity index is 2.07. The zero-order valence-electron chi connectivity index (χ0n) is 10.0. The number of carbonyl (C=O) groups excluding carboxylic acids is 2. The van der Waals surface area contributed by atoms with E-state index in [4.69, 9.17) is 16.2 Å². The Labute approximate surface area is 101 Å². The lowest BCUT2D eigenvalue weighted by molar-refractivity contribution is -0.125. The lowest BCUT2D eigenvalue weighted by atomic mass is 9.66. The Morgan fingerprint density at radius 2 is 2.06 bits per heavy atom. The van der Waals surface area contributed by atoms with Crippen molar-refractivity contribution in [2.75, 3.05) is 26.3 Å². The van der Waals surface area contributed by atoms with Crippen LogP contribution in [0.15, 0.2) is 0 Å². The molecule has 1 fully saturated rings. The Bertz CT molecular complexity index is 272. The van der Waals surface area contributed by atoms with Crippen LogP contribution in [0.2, 0.25) is 0 Å². The Morgan fingerprint density at radius 1 is 1.35 bits per heavy atom. The largest absolute Gasteiger partial charge is 0.370 e. The molecule has 1 aliphatic rings. The highest BCUT2D eigenvalue weighted by atomic mass is 16.5. The van der Waals surface area contributed by atoms with Gasteiger partial charge in [-0.15, -0.1) is 0 Å². The Hall–Kier alpha value is -1.14. The van der Waals surface area contributed by atoms with Gasteiger partial charge in [-0.3, -0.25) is 9.59 Å². The molecule has 0 spiro atoms. The number of carbonyl (C=O) groups is 2. The van der Waals surface area contributed by atoms with E-state index in [2.05, 4.69) is 5.32 Å². The van der Waals surface area contributed by atoms with Gasteiger partial charge in [0.25, 0.3) is 0 Å². The maximum atomic E-state index is 11.6. The van der Waals surface area contributed by atoms with Gasteiger partial charge in [-0.2, -0.15) is 0 Å². The summed E-state index contributed by atoms with van der Waals surface area (Å²) < 4.78 is 4.93. The summed E-state index contributed by atoms with van der Waals surface area (Å²) in [4.78, 5) is 22.0. The van der Waals surface area contributed by atoms with Gasteiger partial charge >= 0.3 is 0 Å². The fraction of sp³-hybridized carbons (Fsp3) is 0.818. The van der Waals surface area contributed by atoms with Gasteiger partial charge in [-0.05, 0) is 24.8 Å². The quantitative estimate of drug-likeness (QED) is 0.481. The van der Waals surface area contributed by atoms with Crippen molar-refractivity contribution in [1.29, 1.82) is 0 Å². The van der Waals surface area contributed by atoms with E-state index in [0.717, 1.165) is 19.3 Å². The summed E-state index contributed by atoms with van der Waals surface area (Å²) >= 11 is 0. The average Bonchev–Trinajstić information content (AvgIpc) is 2.22. The topological polar surface area (TPSA) is 107 Å². The van der Waals surface area contributed by atoms with Crippen molar-refractivity contribution in [3.8, 4) is 0 Å². The summed E-state index contributed by atoms with van der Waals surface area (Å²) in [6, 6.07) is 0. The fourth-order valence-electron chi connectivity index (χ4n) is 1.97. The van der Waals surface area contributed by atoms with Crippen molar-refractivity contribution < 1.29 is 14.3 Å². The summed E-state index contributed by atoms with van der Waals surface area (Å²) in [6.45, 7) is 1.15. The SMILES string of the molecule is NCC1(CC(=O)NCCOCC(N)=O)CCC1. The number of primary amides is 1. The monoisotopic (exact) mass is 243 g/mol. The molecule has 6 nitrogen and oxygen atoms in total. The second kappa shape index (κ2) is 6.56. The Kier molecular flexibility index (Phi) is 5.37. The molecule has 17 heavy (non-hydrogen) atoms. The molecule has 98 valence electrons. The number of rotatable bonds is 8. The molecule has 0 aromatic heterocycles. The van der Waals surface area contributed by atoms with Crippen LogP contribution in [0.5, 0.6) is 0 Å². The molecule has 0 bridgehead atoms. The first-order chi connectivity index (χ1) is 8.08. The molecule has 6 heteroatoms. The number of ether oxygens (including phenoxy) is 1. The fourth-order valence-corrected chi connectivity index (χ4v) is 1.97. The minimum Gasteiger partial charge on any atom is -0.370 e. The van der Waals surface area contributed by atoms with Crippen LogP contribution >= 0.6 is 0 Å². The molecule has 5 N–H and O–H groups in total. The zero-order valence-corrected chi connectivity index (χ0v) is 10.0. The van der Waals surface area contributed by atoms with Crippen molar-refractivity contribution in [3.05, 3.63) is 0 Å². The molecule has 0 radical (unpaired) electrons. The van der Waals surface area contributed by atoms with Crippen molar-refractivity contribution in [3.63, 3.8) is 0 Å². The second-order valence-corrected chi connectivity index (χ2v) is 4.60. The molecule has 0 aliphatic heterocycles. The molecule has 1 aliphatic carbocycles. The minimum absolute atomic E-state index is 0.00201. The summed E-state index contributed by atoms with van der Waals surface area (Å²) in [5.74, 6) is -0.509. The number of hydrogen-bond donors (Lipinski definition) is 3. The van der Waals surface area contributed by atoms with Gasteiger partial charge in [-0.1, -0.05) is 6.42 Å². The normalized spacial score (nSPS) is 17.2. The predicted molar refractivity (Wildman–Crippen MR) is 63.0 cm³/mol. The van der Waals surface area contributed by atoms with Gasteiger partial charge < -0.3 is 21.5 Å². The van der Waals surface area contributed by atoms with E-state index in [1.54, 1.807) is 0 Å². The van der Waals surface area contributed by atoms with Gasteiger partial charge in [0.05, 0.1) is 6.61 Å². The van der Waals surface area contributed by atoms with E-state index >= 15 is 0 Å². The summed E-state index contributed by atoms with van der Waals surface area (Å²) in [5, 5.41) is 2.74. The highest BCUT2D eigenvalue weighted by Gasteiger charge is 2.37. The van der Waals surface area contributed by atoms with E-state index in [0.29, 0.717) is 26.1 Å². The number of nitrogens with two attached hydrogens (primary N) is 2. The summed E-state index contributed by atoms with van der Waals surface area (Å²) in [6.07, 6.45) is 3.72. The lowest BCUT2D eigenvalue weighted by Gasteiger charge is -2.40. The average molecular weight is 243 g/mol. The first kappa shape index (κ1) is 13.9. The molecule has 1 saturated carbocycles. The third-order valence-corrected chi connectivity index (χ3v) is 3.20. The zero-order chi connectivity index (χ0) is 12.7. The molecular weight excluding hydrogens is 222 g/mol. The first-order valence-electron chi connectivity index (χ1n) is 5.91. The van der Waals surface area contributed by atoms with Crippen LogP contribution in [-0.2, 0) is 14.3 Å². The maximum Gasteiger partial charge on any atom is 0.243 e. The van der Waals surface area contributed by atoms with Gasteiger partial charge in [0.15, 0.2) is 0 Å². The highest BCUT2D eigenvalue weighted by Crippen LogP contribution is 2.42. The van der Waals surface area contributed by atoms with Gasteiger partial charge in [0.1, 0.15) is 6.61 Å². The summed E-state index contributed by atoms with van der Waals surface area (Å²) in [5.41, 5.74) is 10.6. The molecule has 0 heterocycles. The molecule has 1 rings (SSSR count). The van der Waals surface area contributed by atoms with Crippen molar-refractivity contribution >= 4 is 11.8 Å². The van der Waals surface area contributed by atoms with Gasteiger partial charge in [-0.25, -0.2) is 0 Å². The molecule has 0 saturated heterocycles. The molecule has 0 atom stereocenters. The number of amides is 2. The maximum absolute atomic E-state index is 11.6. The highest BCUT2D eigenvalue weighted by molar-refractivity contribution is 5.77. The second-order valence-electron chi connectivity index (χ2n) is 4.60. The van der Waals surface area contributed by atoms with E-state index < -0.39 is 5.91 Å². The minimum atomic E-state index is -0.507. The third-order valence-electron chi connectivity index (χ3n) is 3.20. The lowest BCUT2D eigenvalue weighted by Crippen LogP contribution is -2.42. The van der Waals surface area contributed by atoms with Crippen molar-refractivity contribution in [2.24, 2.45) is 16.9 Å². The van der Waals surface area contributed by atoms with Crippen LogP contribution < -0.4 is 16.8 Å². The van der Waals surface area contributed by atoms with Crippen molar-refractivity contribution in [1.82, 2.24) is 5.32 Å². The van der Waals surface area contributed by atoms with Crippen LogP contribution in [0.4, 0.5) is 0 Å². The smallest absolute Gasteiger partial charge is 0.243 e. The number of nitrogens with one attached hydrogen (secondary N) is 1. The van der Waals surface area contributed by atoms with Crippen molar-refractivity contribution in [2.45, 2.75) is 25.7 Å².